The summed E-state index contributed by atoms with van der Waals surface area (Å²) in [6, 6.07) is 8.45. The molecule has 170 valence electrons. The zero-order valence-corrected chi connectivity index (χ0v) is 18.3. The fourth-order valence-corrected chi connectivity index (χ4v) is 3.83. The topological polar surface area (TPSA) is 139 Å². The monoisotopic (exact) mass is 476 g/mol. The lowest BCUT2D eigenvalue weighted by Gasteiger charge is -2.17. The summed E-state index contributed by atoms with van der Waals surface area (Å²) in [5.41, 5.74) is 3.25. The highest BCUT2D eigenvalue weighted by Gasteiger charge is 2.19. The predicted octanol–water partition coefficient (Wildman–Crippen LogP) is 2.69. The molecule has 3 aromatic heterocycles. The summed E-state index contributed by atoms with van der Waals surface area (Å²) in [4.78, 5) is 52.1. The molecule has 2 amide bonds. The number of Topliss-reactive ketones (excluding diaryl/α,β-unsaturated/α-hetero) is 1. The van der Waals surface area contributed by atoms with E-state index in [9.17, 15) is 14.4 Å². The Morgan fingerprint density at radius 1 is 1.12 bits per heavy atom. The lowest BCUT2D eigenvalue weighted by atomic mass is 10.0. The van der Waals surface area contributed by atoms with E-state index in [-0.39, 0.29) is 29.8 Å². The number of H-pyrrole nitrogens is 1. The van der Waals surface area contributed by atoms with Crippen molar-refractivity contribution in [1.29, 1.82) is 0 Å². The Hall–Kier alpha value is -4.31. The van der Waals surface area contributed by atoms with Crippen LogP contribution >= 0.6 is 11.6 Å². The maximum atomic E-state index is 12.9. The molecule has 0 radical (unpaired) electrons. The van der Waals surface area contributed by atoms with Crippen LogP contribution in [0.3, 0.4) is 0 Å². The van der Waals surface area contributed by atoms with Crippen LogP contribution in [-0.4, -0.2) is 44.1 Å². The number of nitrogens with zero attached hydrogens (tertiary/aromatic N) is 3. The third-order valence-corrected chi connectivity index (χ3v) is 5.48. The van der Waals surface area contributed by atoms with Crippen molar-refractivity contribution in [3.8, 4) is 5.75 Å². The van der Waals surface area contributed by atoms with Crippen LogP contribution in [0.5, 0.6) is 5.75 Å². The minimum absolute atomic E-state index is 0.0127. The Labute approximate surface area is 197 Å². The average molecular weight is 477 g/mol. The fraction of sp³-hybridized carbons (Fsp3) is 0.130. The molecule has 0 saturated carbocycles. The third-order valence-electron chi connectivity index (χ3n) is 5.27. The van der Waals surface area contributed by atoms with Crippen LogP contribution < -0.4 is 15.4 Å². The fourth-order valence-electron chi connectivity index (χ4n) is 3.65. The number of fused-ring (bicyclic) bond motifs is 2. The predicted molar refractivity (Wildman–Crippen MR) is 123 cm³/mol. The van der Waals surface area contributed by atoms with E-state index in [1.807, 2.05) is 12.1 Å². The van der Waals surface area contributed by atoms with Crippen LogP contribution in [0.4, 0.5) is 5.69 Å². The van der Waals surface area contributed by atoms with Crippen LogP contribution in [0.25, 0.3) is 11.0 Å². The van der Waals surface area contributed by atoms with E-state index in [0.717, 1.165) is 11.1 Å². The highest BCUT2D eigenvalue weighted by atomic mass is 35.5. The van der Waals surface area contributed by atoms with Gasteiger partial charge in [-0.1, -0.05) is 17.7 Å². The van der Waals surface area contributed by atoms with E-state index in [2.05, 4.69) is 30.6 Å². The van der Waals surface area contributed by atoms with Gasteiger partial charge in [0, 0.05) is 36.5 Å². The van der Waals surface area contributed by atoms with Gasteiger partial charge < -0.3 is 20.4 Å². The van der Waals surface area contributed by atoms with Gasteiger partial charge in [0.1, 0.15) is 29.4 Å². The molecule has 0 aliphatic carbocycles. The largest absolute Gasteiger partial charge is 0.486 e. The maximum Gasteiger partial charge on any atom is 0.272 e. The van der Waals surface area contributed by atoms with Gasteiger partial charge in [0.25, 0.3) is 11.8 Å². The molecule has 10 nitrogen and oxygen atoms in total. The number of anilines is 1. The summed E-state index contributed by atoms with van der Waals surface area (Å²) in [5.74, 6) is -0.122. The second-order valence-corrected chi connectivity index (χ2v) is 7.99. The molecule has 0 bridgehead atoms. The van der Waals surface area contributed by atoms with E-state index in [1.165, 1.54) is 30.9 Å². The van der Waals surface area contributed by atoms with Gasteiger partial charge in [0.05, 0.1) is 11.2 Å². The number of rotatable bonds is 5. The van der Waals surface area contributed by atoms with E-state index < -0.39 is 11.8 Å². The minimum atomic E-state index is -0.418. The Kier molecular flexibility index (Phi) is 5.64. The van der Waals surface area contributed by atoms with Crippen LogP contribution in [0.1, 0.15) is 32.0 Å². The molecule has 0 fully saturated rings. The zero-order valence-electron chi connectivity index (χ0n) is 17.6. The number of amides is 2. The summed E-state index contributed by atoms with van der Waals surface area (Å²) in [7, 11) is 0. The van der Waals surface area contributed by atoms with Gasteiger partial charge >= 0.3 is 0 Å². The zero-order chi connectivity index (χ0) is 23.7. The van der Waals surface area contributed by atoms with E-state index in [1.54, 1.807) is 6.07 Å². The van der Waals surface area contributed by atoms with Crippen molar-refractivity contribution in [2.75, 3.05) is 11.9 Å². The first-order chi connectivity index (χ1) is 16.5. The summed E-state index contributed by atoms with van der Waals surface area (Å²) in [6.07, 6.45) is 4.54. The molecule has 1 aliphatic heterocycles. The number of ether oxygens (including phenoxy) is 1. The van der Waals surface area contributed by atoms with E-state index in [0.29, 0.717) is 34.5 Å². The van der Waals surface area contributed by atoms with Gasteiger partial charge in [-0.05, 0) is 29.8 Å². The highest BCUT2D eigenvalue weighted by Crippen LogP contribution is 2.25. The average Bonchev–Trinajstić information content (AvgIpc) is 3.25. The van der Waals surface area contributed by atoms with Gasteiger partial charge in [0.2, 0.25) is 0 Å². The van der Waals surface area contributed by atoms with Gasteiger partial charge in [-0.25, -0.2) is 15.0 Å². The summed E-state index contributed by atoms with van der Waals surface area (Å²) in [6.45, 7) is 0.320. The van der Waals surface area contributed by atoms with Crippen molar-refractivity contribution in [2.45, 2.75) is 13.0 Å². The number of benzene rings is 1. The van der Waals surface area contributed by atoms with Crippen molar-refractivity contribution in [3.05, 3.63) is 76.6 Å². The van der Waals surface area contributed by atoms with Crippen molar-refractivity contribution in [2.24, 2.45) is 0 Å². The normalized spacial score (nSPS) is 12.7. The lowest BCUT2D eigenvalue weighted by molar-refractivity contribution is -0.121. The Bertz CT molecular complexity index is 1450. The molecule has 0 spiro atoms. The van der Waals surface area contributed by atoms with Gasteiger partial charge in [-0.2, -0.15) is 0 Å². The summed E-state index contributed by atoms with van der Waals surface area (Å²) in [5, 5.41) is 5.77. The maximum absolute atomic E-state index is 12.9. The first-order valence-electron chi connectivity index (χ1n) is 10.3. The highest BCUT2D eigenvalue weighted by molar-refractivity contribution is 6.29. The van der Waals surface area contributed by atoms with Gasteiger partial charge in [-0.15, -0.1) is 0 Å². The minimum Gasteiger partial charge on any atom is -0.486 e. The number of hydrogen-bond donors (Lipinski definition) is 3. The molecule has 4 heterocycles. The molecule has 0 unspecified atom stereocenters. The number of carbonyl (C=O) groups is 3. The van der Waals surface area contributed by atoms with Gasteiger partial charge in [-0.3, -0.25) is 14.4 Å². The molecule has 5 rings (SSSR count). The van der Waals surface area contributed by atoms with Crippen LogP contribution in [0.15, 0.2) is 49.1 Å². The molecule has 0 atom stereocenters. The summed E-state index contributed by atoms with van der Waals surface area (Å²) >= 11 is 5.85. The number of aromatic nitrogens is 4. The lowest BCUT2D eigenvalue weighted by Crippen LogP contribution is -2.25. The van der Waals surface area contributed by atoms with Crippen LogP contribution in [-0.2, 0) is 17.8 Å². The molecule has 4 aromatic rings. The second kappa shape index (κ2) is 8.91. The van der Waals surface area contributed by atoms with Crippen LogP contribution in [0, 0.1) is 0 Å². The van der Waals surface area contributed by atoms with Crippen molar-refractivity contribution < 1.29 is 19.1 Å². The molecular weight excluding hydrogens is 460 g/mol. The summed E-state index contributed by atoms with van der Waals surface area (Å²) < 4.78 is 5.40. The van der Waals surface area contributed by atoms with Crippen molar-refractivity contribution >= 4 is 45.9 Å². The second-order valence-electron chi connectivity index (χ2n) is 7.60. The SMILES string of the molecule is O=C1COc2ccc(CNC(=O)c3ncnc4c(NC(=O)c5ccnc(Cl)c5)c[nH]c34)cc2C1. The molecule has 11 heteroatoms. The Morgan fingerprint density at radius 2 is 2.00 bits per heavy atom. The Balaban J connectivity index is 1.32. The van der Waals surface area contributed by atoms with E-state index in [4.69, 9.17) is 16.3 Å². The number of ketones is 1. The van der Waals surface area contributed by atoms with Crippen molar-refractivity contribution in [3.63, 3.8) is 0 Å². The Morgan fingerprint density at radius 3 is 2.85 bits per heavy atom. The number of nitrogens with one attached hydrogen (secondary N) is 3. The molecule has 1 aliphatic rings. The smallest absolute Gasteiger partial charge is 0.272 e. The van der Waals surface area contributed by atoms with Gasteiger partial charge in [0.15, 0.2) is 11.5 Å². The molecule has 34 heavy (non-hydrogen) atoms. The van der Waals surface area contributed by atoms with Crippen LogP contribution in [0.2, 0.25) is 5.15 Å². The number of carbonyl (C=O) groups excluding carboxylic acids is 3. The number of halogens is 1. The number of aromatic amines is 1. The first kappa shape index (κ1) is 21.5. The van der Waals surface area contributed by atoms with Crippen molar-refractivity contribution in [1.82, 2.24) is 25.3 Å². The van der Waals surface area contributed by atoms with E-state index >= 15 is 0 Å². The molecule has 3 N–H and O–H groups in total. The number of pyridine rings is 1. The first-order valence-corrected chi connectivity index (χ1v) is 10.7. The standard InChI is InChI=1S/C23H17ClN6O4/c24-18-7-13(3-4-25-18)22(32)30-16-9-26-20-19(16)28-11-29-21(20)23(33)27-8-12-1-2-17-14(5-12)6-15(31)10-34-17/h1-5,7,9,11,26H,6,8,10H2,(H,27,33)(H,30,32). The molecule has 1 aromatic carbocycles. The number of hydrogen-bond acceptors (Lipinski definition) is 7. The molecular formula is C23H17ClN6O4. The quantitative estimate of drug-likeness (QED) is 0.376. The molecule has 0 saturated heterocycles. The third kappa shape index (κ3) is 4.30.